The van der Waals surface area contributed by atoms with Crippen LogP contribution < -0.4 is 9.47 Å². The van der Waals surface area contributed by atoms with Gasteiger partial charge in [0.1, 0.15) is 6.04 Å². The van der Waals surface area contributed by atoms with Gasteiger partial charge >= 0.3 is 0 Å². The predicted octanol–water partition coefficient (Wildman–Crippen LogP) is 3.96. The molecular formula is C22H29N3O4. The fourth-order valence-electron chi connectivity index (χ4n) is 4.89. The van der Waals surface area contributed by atoms with Crippen LogP contribution in [0.15, 0.2) is 22.7 Å². The highest BCUT2D eigenvalue weighted by molar-refractivity contribution is 5.89. The van der Waals surface area contributed by atoms with Gasteiger partial charge in [-0.05, 0) is 56.7 Å². The second kappa shape index (κ2) is 8.05. The van der Waals surface area contributed by atoms with Gasteiger partial charge in [-0.3, -0.25) is 4.79 Å². The topological polar surface area (TPSA) is 77.7 Å². The Morgan fingerprint density at radius 1 is 1.14 bits per heavy atom. The number of aromatic nitrogens is 2. The molecule has 2 fully saturated rings. The van der Waals surface area contributed by atoms with E-state index in [0.717, 1.165) is 57.1 Å². The van der Waals surface area contributed by atoms with Gasteiger partial charge in [0.15, 0.2) is 17.3 Å². The zero-order valence-electron chi connectivity index (χ0n) is 17.4. The Bertz CT molecular complexity index is 873. The number of piperidine rings is 1. The SMILES string of the molecule is COc1ccc(C2(C(=O)N3CCCC[C@H]3c3nc(C)no3)CCCC2)cc1OC. The van der Waals surface area contributed by atoms with Crippen LogP contribution in [0, 0.1) is 6.92 Å². The highest BCUT2D eigenvalue weighted by Crippen LogP contribution is 2.47. The first-order valence-corrected chi connectivity index (χ1v) is 10.4. The lowest BCUT2D eigenvalue weighted by atomic mass is 9.76. The van der Waals surface area contributed by atoms with Gasteiger partial charge < -0.3 is 18.9 Å². The van der Waals surface area contributed by atoms with Crippen LogP contribution in [-0.4, -0.2) is 41.7 Å². The fraction of sp³-hybridized carbons (Fsp3) is 0.591. The predicted molar refractivity (Wildman–Crippen MR) is 107 cm³/mol. The minimum atomic E-state index is -0.537. The molecule has 1 aromatic heterocycles. The molecule has 1 atom stereocenters. The van der Waals surface area contributed by atoms with Crippen molar-refractivity contribution in [1.29, 1.82) is 0 Å². The first-order chi connectivity index (χ1) is 14.1. The van der Waals surface area contributed by atoms with Crippen molar-refractivity contribution in [2.45, 2.75) is 63.3 Å². The van der Waals surface area contributed by atoms with Crippen molar-refractivity contribution in [2.75, 3.05) is 20.8 Å². The summed E-state index contributed by atoms with van der Waals surface area (Å²) < 4.78 is 16.4. The third-order valence-electron chi connectivity index (χ3n) is 6.39. The second-order valence-corrected chi connectivity index (χ2v) is 8.05. The van der Waals surface area contributed by atoms with Crippen molar-refractivity contribution in [1.82, 2.24) is 15.0 Å². The van der Waals surface area contributed by atoms with E-state index in [-0.39, 0.29) is 11.9 Å². The summed E-state index contributed by atoms with van der Waals surface area (Å²) in [5.74, 6) is 2.66. The third kappa shape index (κ3) is 3.47. The van der Waals surface area contributed by atoms with E-state index in [1.807, 2.05) is 30.0 Å². The van der Waals surface area contributed by atoms with Crippen molar-refractivity contribution < 1.29 is 18.8 Å². The maximum Gasteiger partial charge on any atom is 0.249 e. The molecule has 2 aliphatic rings. The number of carbonyl (C=O) groups is 1. The number of hydrogen-bond acceptors (Lipinski definition) is 6. The van der Waals surface area contributed by atoms with Gasteiger partial charge in [0.2, 0.25) is 11.8 Å². The smallest absolute Gasteiger partial charge is 0.249 e. The normalized spacial score (nSPS) is 21.2. The lowest BCUT2D eigenvalue weighted by Crippen LogP contribution is -2.48. The van der Waals surface area contributed by atoms with Crippen LogP contribution in [0.1, 0.15) is 68.3 Å². The number of carbonyl (C=O) groups excluding carboxylic acids is 1. The first kappa shape index (κ1) is 19.7. The molecule has 0 N–H and O–H groups in total. The Morgan fingerprint density at radius 3 is 2.55 bits per heavy atom. The lowest BCUT2D eigenvalue weighted by molar-refractivity contribution is -0.142. The van der Waals surface area contributed by atoms with Crippen molar-refractivity contribution >= 4 is 5.91 Å². The molecule has 156 valence electrons. The average Bonchev–Trinajstić information content (AvgIpc) is 3.43. The van der Waals surface area contributed by atoms with Crippen LogP contribution in [0.4, 0.5) is 0 Å². The summed E-state index contributed by atoms with van der Waals surface area (Å²) >= 11 is 0. The monoisotopic (exact) mass is 399 g/mol. The Labute approximate surface area is 171 Å². The summed E-state index contributed by atoms with van der Waals surface area (Å²) in [7, 11) is 3.25. The molecule has 1 saturated carbocycles. The molecule has 1 aromatic carbocycles. The molecule has 1 amide bonds. The van der Waals surface area contributed by atoms with E-state index < -0.39 is 5.41 Å². The van der Waals surface area contributed by atoms with Gasteiger partial charge in [-0.15, -0.1) is 0 Å². The van der Waals surface area contributed by atoms with Crippen LogP contribution >= 0.6 is 0 Å². The van der Waals surface area contributed by atoms with Gasteiger partial charge in [-0.25, -0.2) is 0 Å². The summed E-state index contributed by atoms with van der Waals surface area (Å²) in [4.78, 5) is 20.4. The molecule has 0 radical (unpaired) electrons. The number of methoxy groups -OCH3 is 2. The molecule has 1 saturated heterocycles. The number of hydrogen-bond donors (Lipinski definition) is 0. The zero-order valence-corrected chi connectivity index (χ0v) is 17.4. The van der Waals surface area contributed by atoms with Crippen LogP contribution in [0.25, 0.3) is 0 Å². The number of likely N-dealkylation sites (tertiary alicyclic amines) is 1. The first-order valence-electron chi connectivity index (χ1n) is 10.4. The van der Waals surface area contributed by atoms with Gasteiger partial charge in [0.05, 0.1) is 19.6 Å². The van der Waals surface area contributed by atoms with Crippen molar-refractivity contribution in [3.63, 3.8) is 0 Å². The molecule has 2 aromatic rings. The summed E-state index contributed by atoms with van der Waals surface area (Å²) in [5, 5.41) is 3.95. The number of nitrogens with zero attached hydrogens (tertiary/aromatic N) is 3. The van der Waals surface area contributed by atoms with Crippen LogP contribution in [0.3, 0.4) is 0 Å². The Hall–Kier alpha value is -2.57. The largest absolute Gasteiger partial charge is 0.493 e. The molecule has 29 heavy (non-hydrogen) atoms. The number of amides is 1. The van der Waals surface area contributed by atoms with Gasteiger partial charge in [0.25, 0.3) is 0 Å². The highest BCUT2D eigenvalue weighted by atomic mass is 16.5. The Balaban J connectivity index is 1.71. The molecule has 0 unspecified atom stereocenters. The number of ether oxygens (including phenoxy) is 2. The molecule has 7 heteroatoms. The van der Waals surface area contributed by atoms with E-state index in [0.29, 0.717) is 23.2 Å². The number of aryl methyl sites for hydroxylation is 1. The van der Waals surface area contributed by atoms with E-state index in [9.17, 15) is 4.79 Å². The van der Waals surface area contributed by atoms with Crippen molar-refractivity contribution in [2.24, 2.45) is 0 Å². The average molecular weight is 399 g/mol. The quantitative estimate of drug-likeness (QED) is 0.757. The maximum absolute atomic E-state index is 14.0. The molecule has 0 bridgehead atoms. The molecule has 4 rings (SSSR count). The van der Waals surface area contributed by atoms with E-state index >= 15 is 0 Å². The summed E-state index contributed by atoms with van der Waals surface area (Å²) in [5.41, 5.74) is 0.466. The molecule has 1 aliphatic heterocycles. The zero-order chi connectivity index (χ0) is 20.4. The fourth-order valence-corrected chi connectivity index (χ4v) is 4.89. The van der Waals surface area contributed by atoms with E-state index in [1.165, 1.54) is 0 Å². The van der Waals surface area contributed by atoms with Crippen LogP contribution in [0.5, 0.6) is 11.5 Å². The van der Waals surface area contributed by atoms with E-state index in [4.69, 9.17) is 14.0 Å². The maximum atomic E-state index is 14.0. The highest BCUT2D eigenvalue weighted by Gasteiger charge is 2.48. The van der Waals surface area contributed by atoms with Gasteiger partial charge in [-0.2, -0.15) is 4.98 Å². The summed E-state index contributed by atoms with van der Waals surface area (Å²) in [6.45, 7) is 2.53. The Morgan fingerprint density at radius 2 is 1.90 bits per heavy atom. The van der Waals surface area contributed by atoms with Crippen molar-refractivity contribution in [3.8, 4) is 11.5 Å². The third-order valence-corrected chi connectivity index (χ3v) is 6.39. The standard InChI is InChI=1S/C22H29N3O4/c1-15-23-20(29-24-15)17-8-4-7-13-25(17)21(26)22(11-5-6-12-22)16-9-10-18(27-2)19(14-16)28-3/h9-10,14,17H,4-8,11-13H2,1-3H3/t17-/m0/s1. The summed E-state index contributed by atoms with van der Waals surface area (Å²) in [6.07, 6.45) is 6.67. The van der Waals surface area contributed by atoms with Gasteiger partial charge in [-0.1, -0.05) is 24.1 Å². The minimum absolute atomic E-state index is 0.143. The van der Waals surface area contributed by atoms with E-state index in [2.05, 4.69) is 10.1 Å². The van der Waals surface area contributed by atoms with E-state index in [1.54, 1.807) is 14.2 Å². The molecule has 2 heterocycles. The molecular weight excluding hydrogens is 370 g/mol. The van der Waals surface area contributed by atoms with Crippen molar-refractivity contribution in [3.05, 3.63) is 35.5 Å². The number of benzene rings is 1. The molecule has 0 spiro atoms. The van der Waals surface area contributed by atoms with Crippen LogP contribution in [-0.2, 0) is 10.2 Å². The Kier molecular flexibility index (Phi) is 5.48. The van der Waals surface area contributed by atoms with Gasteiger partial charge in [0, 0.05) is 6.54 Å². The summed E-state index contributed by atoms with van der Waals surface area (Å²) in [6, 6.07) is 5.74. The lowest BCUT2D eigenvalue weighted by Gasteiger charge is -2.40. The molecule has 1 aliphatic carbocycles. The van der Waals surface area contributed by atoms with Crippen LogP contribution in [0.2, 0.25) is 0 Å². The minimum Gasteiger partial charge on any atom is -0.493 e. The number of rotatable bonds is 5. The molecule has 7 nitrogen and oxygen atoms in total. The second-order valence-electron chi connectivity index (χ2n) is 8.05.